The molecule has 0 spiro atoms. The maximum Gasteiger partial charge on any atom is 0.209 e. The molecule has 30 heavy (non-hydrogen) atoms. The van der Waals surface area contributed by atoms with Crippen molar-refractivity contribution in [3.05, 3.63) is 88.5 Å². The minimum atomic E-state index is 0.993. The molecule has 2 aliphatic rings. The van der Waals surface area contributed by atoms with Crippen molar-refractivity contribution in [3.63, 3.8) is 0 Å². The second kappa shape index (κ2) is 7.05. The fourth-order valence-electron chi connectivity index (χ4n) is 5.49. The molecule has 0 unspecified atom stereocenters. The third-order valence-corrected chi connectivity index (χ3v) is 6.97. The number of nitrogens with zero attached hydrogens (tertiary/aromatic N) is 1. The third-order valence-electron chi connectivity index (χ3n) is 6.97. The van der Waals surface area contributed by atoms with Gasteiger partial charge in [0.15, 0.2) is 0 Å². The van der Waals surface area contributed by atoms with Crippen LogP contribution in [-0.2, 0) is 25.7 Å². The summed E-state index contributed by atoms with van der Waals surface area (Å²) in [7, 11) is 0. The normalized spacial score (nSPS) is 15.8. The maximum atomic E-state index is 6.60. The zero-order valence-electron chi connectivity index (χ0n) is 17.6. The lowest BCUT2D eigenvalue weighted by Crippen LogP contribution is -2.19. The zero-order valence-corrected chi connectivity index (χ0v) is 17.6. The molecule has 6 rings (SSSR count). The molecule has 2 heteroatoms. The second-order valence-corrected chi connectivity index (χ2v) is 8.77. The van der Waals surface area contributed by atoms with Crippen LogP contribution in [0.3, 0.4) is 0 Å². The summed E-state index contributed by atoms with van der Waals surface area (Å²) >= 11 is 0. The first-order valence-corrected chi connectivity index (χ1v) is 11.3. The van der Waals surface area contributed by atoms with Gasteiger partial charge in [-0.1, -0.05) is 42.5 Å². The summed E-state index contributed by atoms with van der Waals surface area (Å²) in [6.07, 6.45) is 8.20. The minimum Gasteiger partial charge on any atom is -0.439 e. The molecule has 3 aromatic carbocycles. The summed E-state index contributed by atoms with van der Waals surface area (Å²) in [5, 5.41) is 1.26. The molecular weight excluding hydrogens is 366 g/mol. The van der Waals surface area contributed by atoms with E-state index in [2.05, 4.69) is 72.5 Å². The van der Waals surface area contributed by atoms with Gasteiger partial charge in [-0.05, 0) is 92.3 Å². The van der Waals surface area contributed by atoms with Crippen molar-refractivity contribution < 1.29 is 4.42 Å². The van der Waals surface area contributed by atoms with Crippen LogP contribution in [0.4, 0.5) is 17.3 Å². The summed E-state index contributed by atoms with van der Waals surface area (Å²) in [4.78, 5) is 2.44. The van der Waals surface area contributed by atoms with Crippen molar-refractivity contribution in [2.45, 2.75) is 51.9 Å². The fraction of sp³-hybridized carbons (Fsp3) is 0.286. The van der Waals surface area contributed by atoms with E-state index < -0.39 is 0 Å². The SMILES string of the molecule is Cc1ccc(N2c3ccccc3CCCc3c2oc2ccccc32)c2c1CCCC2. The first-order chi connectivity index (χ1) is 14.8. The van der Waals surface area contributed by atoms with E-state index in [1.54, 1.807) is 5.56 Å². The van der Waals surface area contributed by atoms with Gasteiger partial charge in [0.05, 0.1) is 11.4 Å². The van der Waals surface area contributed by atoms with E-state index in [1.165, 1.54) is 58.3 Å². The van der Waals surface area contributed by atoms with Crippen LogP contribution in [0.15, 0.2) is 65.1 Å². The van der Waals surface area contributed by atoms with Crippen molar-refractivity contribution in [1.29, 1.82) is 0 Å². The molecule has 2 nitrogen and oxygen atoms in total. The van der Waals surface area contributed by atoms with Gasteiger partial charge in [0.2, 0.25) is 5.88 Å². The number of hydrogen-bond acceptors (Lipinski definition) is 2. The highest BCUT2D eigenvalue weighted by Gasteiger charge is 2.29. The summed E-state index contributed by atoms with van der Waals surface area (Å²) in [5.41, 5.74) is 10.8. The molecule has 1 aliphatic heterocycles. The number of aryl methyl sites for hydroxylation is 3. The summed E-state index contributed by atoms with van der Waals surface area (Å²) in [5.74, 6) is 1.01. The minimum absolute atomic E-state index is 0.993. The topological polar surface area (TPSA) is 16.4 Å². The molecular formula is C28H27NO. The number of hydrogen-bond donors (Lipinski definition) is 0. The monoisotopic (exact) mass is 393 g/mol. The lowest BCUT2D eigenvalue weighted by atomic mass is 9.86. The van der Waals surface area contributed by atoms with Gasteiger partial charge in [-0.3, -0.25) is 4.90 Å². The standard InChI is InChI=1S/C28H27NO/c1-19-17-18-26(22-12-4-3-11-21(19)22)29-25-15-6-2-9-20(25)10-8-14-24-23-13-5-7-16-27(23)30-28(24)29/h2,5-7,9,13,15-18H,3-4,8,10-12,14H2,1H3. The van der Waals surface area contributed by atoms with Gasteiger partial charge in [0, 0.05) is 10.9 Å². The van der Waals surface area contributed by atoms with Gasteiger partial charge in [-0.15, -0.1) is 0 Å². The molecule has 150 valence electrons. The maximum absolute atomic E-state index is 6.60. The Balaban J connectivity index is 1.67. The molecule has 0 atom stereocenters. The van der Waals surface area contributed by atoms with Gasteiger partial charge >= 0.3 is 0 Å². The molecule has 0 N–H and O–H groups in total. The van der Waals surface area contributed by atoms with Gasteiger partial charge in [0.25, 0.3) is 0 Å². The third kappa shape index (κ3) is 2.70. The van der Waals surface area contributed by atoms with Crippen molar-refractivity contribution >= 4 is 28.2 Å². The fourth-order valence-corrected chi connectivity index (χ4v) is 5.49. The Labute approximate surface area is 178 Å². The number of rotatable bonds is 1. The Morgan fingerprint density at radius 2 is 1.43 bits per heavy atom. The van der Waals surface area contributed by atoms with Crippen LogP contribution in [-0.4, -0.2) is 0 Å². The van der Waals surface area contributed by atoms with Crippen molar-refractivity contribution in [3.8, 4) is 0 Å². The number of benzene rings is 3. The van der Waals surface area contributed by atoms with Crippen molar-refractivity contribution in [2.75, 3.05) is 4.90 Å². The van der Waals surface area contributed by atoms with E-state index in [0.29, 0.717) is 0 Å². The van der Waals surface area contributed by atoms with Crippen LogP contribution in [0.5, 0.6) is 0 Å². The van der Waals surface area contributed by atoms with E-state index in [1.807, 2.05) is 0 Å². The molecule has 0 saturated heterocycles. The van der Waals surface area contributed by atoms with Crippen molar-refractivity contribution in [1.82, 2.24) is 0 Å². The predicted octanol–water partition coefficient (Wildman–Crippen LogP) is 7.58. The molecule has 0 bridgehead atoms. The Morgan fingerprint density at radius 3 is 2.37 bits per heavy atom. The highest BCUT2D eigenvalue weighted by Crippen LogP contribution is 2.47. The molecule has 0 fully saturated rings. The number of furan rings is 1. The Hall–Kier alpha value is -3.00. The average Bonchev–Trinajstić information content (AvgIpc) is 3.13. The highest BCUT2D eigenvalue weighted by atomic mass is 16.4. The van der Waals surface area contributed by atoms with Gasteiger partial charge in [-0.2, -0.15) is 0 Å². The highest BCUT2D eigenvalue weighted by molar-refractivity contribution is 5.91. The van der Waals surface area contributed by atoms with E-state index >= 15 is 0 Å². The molecule has 1 aromatic heterocycles. The molecule has 0 amide bonds. The molecule has 0 radical (unpaired) electrons. The zero-order chi connectivity index (χ0) is 20.1. The average molecular weight is 394 g/mol. The first kappa shape index (κ1) is 17.8. The van der Waals surface area contributed by atoms with Crippen LogP contribution in [0, 0.1) is 6.92 Å². The smallest absolute Gasteiger partial charge is 0.209 e. The van der Waals surface area contributed by atoms with Crippen LogP contribution in [0.25, 0.3) is 11.0 Å². The van der Waals surface area contributed by atoms with Crippen molar-refractivity contribution in [2.24, 2.45) is 0 Å². The lowest BCUT2D eigenvalue weighted by Gasteiger charge is -2.32. The van der Waals surface area contributed by atoms with Gasteiger partial charge in [0.1, 0.15) is 5.58 Å². The van der Waals surface area contributed by atoms with Crippen LogP contribution < -0.4 is 4.90 Å². The van der Waals surface area contributed by atoms with Gasteiger partial charge < -0.3 is 4.42 Å². The van der Waals surface area contributed by atoms with E-state index in [0.717, 1.165) is 37.2 Å². The Morgan fingerprint density at radius 1 is 0.667 bits per heavy atom. The summed E-state index contributed by atoms with van der Waals surface area (Å²) in [6.45, 7) is 2.27. The largest absolute Gasteiger partial charge is 0.439 e. The molecule has 0 saturated carbocycles. The predicted molar refractivity (Wildman–Crippen MR) is 124 cm³/mol. The first-order valence-electron chi connectivity index (χ1n) is 11.3. The number of para-hydroxylation sites is 2. The number of anilines is 3. The Kier molecular flexibility index (Phi) is 4.19. The molecule has 4 aromatic rings. The molecule has 2 heterocycles. The van der Waals surface area contributed by atoms with E-state index in [4.69, 9.17) is 4.42 Å². The summed E-state index contributed by atoms with van der Waals surface area (Å²) < 4.78 is 6.60. The van der Waals surface area contributed by atoms with Gasteiger partial charge in [-0.25, -0.2) is 0 Å². The van der Waals surface area contributed by atoms with E-state index in [9.17, 15) is 0 Å². The van der Waals surface area contributed by atoms with Crippen LogP contribution in [0.2, 0.25) is 0 Å². The lowest BCUT2D eigenvalue weighted by molar-refractivity contribution is 0.609. The van der Waals surface area contributed by atoms with Crippen LogP contribution in [0.1, 0.15) is 47.1 Å². The second-order valence-electron chi connectivity index (χ2n) is 8.77. The Bertz CT molecular complexity index is 1250. The number of fused-ring (bicyclic) bond motifs is 5. The quantitative estimate of drug-likeness (QED) is 0.331. The molecule has 1 aliphatic carbocycles. The van der Waals surface area contributed by atoms with Crippen LogP contribution >= 0.6 is 0 Å². The summed E-state index contributed by atoms with van der Waals surface area (Å²) in [6, 6.07) is 22.1. The van der Waals surface area contributed by atoms with E-state index in [-0.39, 0.29) is 0 Å².